The Kier molecular flexibility index (Phi) is 5.66. The fourth-order valence-corrected chi connectivity index (χ4v) is 3.09. The summed E-state index contributed by atoms with van der Waals surface area (Å²) in [6.07, 6.45) is 0. The largest absolute Gasteiger partial charge is 0.361 e. The molecule has 22 heavy (non-hydrogen) atoms. The second kappa shape index (κ2) is 7.49. The molecule has 1 unspecified atom stereocenters. The van der Waals surface area contributed by atoms with E-state index in [9.17, 15) is 4.79 Å². The average Bonchev–Trinajstić information content (AvgIpc) is 2.82. The van der Waals surface area contributed by atoms with Gasteiger partial charge in [0, 0.05) is 17.9 Å². The number of nitrogens with zero attached hydrogens (tertiary/aromatic N) is 1. The molecule has 1 aromatic carbocycles. The highest BCUT2D eigenvalue weighted by molar-refractivity contribution is 7.99. The molecule has 1 atom stereocenters. The third kappa shape index (κ3) is 4.37. The number of aromatic nitrogens is 1. The zero-order valence-electron chi connectivity index (χ0n) is 13.5. The Morgan fingerprint density at radius 1 is 1.27 bits per heavy atom. The van der Waals surface area contributed by atoms with E-state index in [0.29, 0.717) is 6.54 Å². The molecule has 0 saturated carbocycles. The SMILES string of the molecule is Cc1ccc(CNC(=O)C(C)SCc2c(C)noc2C)cc1. The Labute approximate surface area is 135 Å². The van der Waals surface area contributed by atoms with Crippen LogP contribution in [0.5, 0.6) is 0 Å². The molecule has 0 aliphatic carbocycles. The monoisotopic (exact) mass is 318 g/mol. The highest BCUT2D eigenvalue weighted by Gasteiger charge is 2.16. The van der Waals surface area contributed by atoms with E-state index in [1.165, 1.54) is 5.56 Å². The lowest BCUT2D eigenvalue weighted by Crippen LogP contribution is -2.30. The third-order valence-electron chi connectivity index (χ3n) is 3.62. The highest BCUT2D eigenvalue weighted by Crippen LogP contribution is 2.22. The summed E-state index contributed by atoms with van der Waals surface area (Å²) in [5.41, 5.74) is 4.32. The van der Waals surface area contributed by atoms with Crippen molar-refractivity contribution >= 4 is 17.7 Å². The lowest BCUT2D eigenvalue weighted by Gasteiger charge is -2.12. The van der Waals surface area contributed by atoms with Crippen molar-refractivity contribution in [3.8, 4) is 0 Å². The first-order valence-corrected chi connectivity index (χ1v) is 8.39. The van der Waals surface area contributed by atoms with Crippen molar-refractivity contribution in [2.24, 2.45) is 0 Å². The van der Waals surface area contributed by atoms with Gasteiger partial charge in [-0.05, 0) is 33.3 Å². The van der Waals surface area contributed by atoms with Gasteiger partial charge in [-0.15, -0.1) is 11.8 Å². The first kappa shape index (κ1) is 16.6. The second-order valence-corrected chi connectivity index (χ2v) is 6.79. The third-order valence-corrected chi connectivity index (χ3v) is 4.78. The van der Waals surface area contributed by atoms with Crippen LogP contribution in [0.3, 0.4) is 0 Å². The Hall–Kier alpha value is -1.75. The van der Waals surface area contributed by atoms with Crippen molar-refractivity contribution in [1.82, 2.24) is 10.5 Å². The van der Waals surface area contributed by atoms with Gasteiger partial charge in [0.2, 0.25) is 5.91 Å². The molecule has 0 fully saturated rings. The van der Waals surface area contributed by atoms with E-state index in [1.54, 1.807) is 11.8 Å². The van der Waals surface area contributed by atoms with Gasteiger partial charge in [-0.25, -0.2) is 0 Å². The number of hydrogen-bond donors (Lipinski definition) is 1. The van der Waals surface area contributed by atoms with Crippen molar-refractivity contribution in [3.05, 3.63) is 52.4 Å². The molecule has 0 aliphatic heterocycles. The molecule has 2 aromatic rings. The number of carbonyl (C=O) groups excluding carboxylic acids is 1. The summed E-state index contributed by atoms with van der Waals surface area (Å²) in [6, 6.07) is 8.18. The van der Waals surface area contributed by atoms with E-state index in [2.05, 4.69) is 29.5 Å². The molecule has 0 aliphatic rings. The summed E-state index contributed by atoms with van der Waals surface area (Å²) in [5, 5.41) is 6.80. The van der Waals surface area contributed by atoms with Crippen LogP contribution in [0.25, 0.3) is 0 Å². The number of amides is 1. The van der Waals surface area contributed by atoms with Gasteiger partial charge in [0.1, 0.15) is 5.76 Å². The van der Waals surface area contributed by atoms with Gasteiger partial charge >= 0.3 is 0 Å². The number of hydrogen-bond acceptors (Lipinski definition) is 4. The Bertz CT molecular complexity index is 615. The fourth-order valence-electron chi connectivity index (χ4n) is 2.03. The molecular weight excluding hydrogens is 296 g/mol. The summed E-state index contributed by atoms with van der Waals surface area (Å²) in [5.74, 6) is 1.62. The van der Waals surface area contributed by atoms with Crippen molar-refractivity contribution in [2.45, 2.75) is 45.2 Å². The Balaban J connectivity index is 1.81. The molecule has 0 saturated heterocycles. The molecule has 0 radical (unpaired) electrons. The van der Waals surface area contributed by atoms with Crippen LogP contribution in [0.4, 0.5) is 0 Å². The molecule has 1 heterocycles. The van der Waals surface area contributed by atoms with E-state index in [-0.39, 0.29) is 11.2 Å². The summed E-state index contributed by atoms with van der Waals surface area (Å²) in [4.78, 5) is 12.1. The lowest BCUT2D eigenvalue weighted by atomic mass is 10.1. The topological polar surface area (TPSA) is 55.1 Å². The van der Waals surface area contributed by atoms with Crippen LogP contribution in [0.1, 0.15) is 35.1 Å². The summed E-state index contributed by atoms with van der Waals surface area (Å²) >= 11 is 1.60. The quantitative estimate of drug-likeness (QED) is 0.885. The number of benzene rings is 1. The van der Waals surface area contributed by atoms with Crippen LogP contribution < -0.4 is 5.32 Å². The van der Waals surface area contributed by atoms with Gasteiger partial charge in [-0.1, -0.05) is 35.0 Å². The van der Waals surface area contributed by atoms with Crippen LogP contribution in [0, 0.1) is 20.8 Å². The predicted octanol–water partition coefficient (Wildman–Crippen LogP) is 3.54. The zero-order valence-corrected chi connectivity index (χ0v) is 14.3. The van der Waals surface area contributed by atoms with Gasteiger partial charge in [0.25, 0.3) is 0 Å². The van der Waals surface area contributed by atoms with Gasteiger partial charge in [0.15, 0.2) is 0 Å². The van der Waals surface area contributed by atoms with Gasteiger partial charge < -0.3 is 9.84 Å². The first-order valence-electron chi connectivity index (χ1n) is 7.34. The smallest absolute Gasteiger partial charge is 0.233 e. The van der Waals surface area contributed by atoms with Crippen LogP contribution in [-0.2, 0) is 17.1 Å². The van der Waals surface area contributed by atoms with Crippen LogP contribution in [0.15, 0.2) is 28.8 Å². The molecule has 1 amide bonds. The molecular formula is C17H22N2O2S. The molecule has 1 aromatic heterocycles. The maximum atomic E-state index is 12.1. The minimum atomic E-state index is -0.112. The lowest BCUT2D eigenvalue weighted by molar-refractivity contribution is -0.120. The van der Waals surface area contributed by atoms with E-state index in [0.717, 1.165) is 28.3 Å². The molecule has 5 heteroatoms. The van der Waals surface area contributed by atoms with Crippen molar-refractivity contribution in [2.75, 3.05) is 0 Å². The number of carbonyl (C=O) groups is 1. The zero-order chi connectivity index (χ0) is 16.1. The van der Waals surface area contributed by atoms with Gasteiger partial charge in [-0.2, -0.15) is 0 Å². The summed E-state index contributed by atoms with van der Waals surface area (Å²) in [6.45, 7) is 8.37. The fraction of sp³-hybridized carbons (Fsp3) is 0.412. The molecule has 4 nitrogen and oxygen atoms in total. The van der Waals surface area contributed by atoms with Gasteiger partial charge in [0.05, 0.1) is 10.9 Å². The van der Waals surface area contributed by atoms with Crippen LogP contribution in [-0.4, -0.2) is 16.3 Å². The van der Waals surface area contributed by atoms with Crippen LogP contribution in [0.2, 0.25) is 0 Å². The standard InChI is InChI=1S/C17H22N2O2S/c1-11-5-7-15(8-6-11)9-18-17(20)14(4)22-10-16-12(2)19-21-13(16)3/h5-8,14H,9-10H2,1-4H3,(H,18,20). The van der Waals surface area contributed by atoms with Crippen LogP contribution >= 0.6 is 11.8 Å². The van der Waals surface area contributed by atoms with E-state index in [4.69, 9.17) is 4.52 Å². The predicted molar refractivity (Wildman–Crippen MR) is 89.8 cm³/mol. The first-order chi connectivity index (χ1) is 10.5. The van der Waals surface area contributed by atoms with E-state index < -0.39 is 0 Å². The normalized spacial score (nSPS) is 12.2. The van der Waals surface area contributed by atoms with Crippen molar-refractivity contribution in [1.29, 1.82) is 0 Å². The summed E-state index contributed by atoms with van der Waals surface area (Å²) < 4.78 is 5.14. The van der Waals surface area contributed by atoms with Gasteiger partial charge in [-0.3, -0.25) is 4.79 Å². The van der Waals surface area contributed by atoms with Crippen molar-refractivity contribution in [3.63, 3.8) is 0 Å². The molecule has 118 valence electrons. The van der Waals surface area contributed by atoms with Crippen molar-refractivity contribution < 1.29 is 9.32 Å². The number of nitrogens with one attached hydrogen (secondary N) is 1. The Morgan fingerprint density at radius 2 is 1.95 bits per heavy atom. The molecule has 2 rings (SSSR count). The summed E-state index contributed by atoms with van der Waals surface area (Å²) in [7, 11) is 0. The van der Waals surface area contributed by atoms with E-state index in [1.807, 2.05) is 32.9 Å². The number of aryl methyl sites for hydroxylation is 3. The minimum Gasteiger partial charge on any atom is -0.361 e. The van der Waals surface area contributed by atoms with E-state index >= 15 is 0 Å². The average molecular weight is 318 g/mol. The minimum absolute atomic E-state index is 0.0531. The second-order valence-electron chi connectivity index (χ2n) is 5.46. The Morgan fingerprint density at radius 3 is 2.55 bits per heavy atom. The number of thioether (sulfide) groups is 1. The molecule has 0 spiro atoms. The maximum absolute atomic E-state index is 12.1. The highest BCUT2D eigenvalue weighted by atomic mass is 32.2. The molecule has 0 bridgehead atoms. The number of rotatable bonds is 6. The maximum Gasteiger partial charge on any atom is 0.233 e. The molecule has 1 N–H and O–H groups in total.